The normalized spacial score (nSPS) is 18.1. The average Bonchev–Trinajstić information content (AvgIpc) is 3.16. The molecule has 0 amide bonds. The van der Waals surface area contributed by atoms with Crippen LogP contribution in [0.4, 0.5) is 5.69 Å². The largest absolute Gasteiger partial charge is 0.381 e. The van der Waals surface area contributed by atoms with E-state index in [4.69, 9.17) is 9.26 Å². The molecule has 0 N–H and O–H groups in total. The number of nitrogens with zero attached hydrogens (tertiary/aromatic N) is 3. The minimum absolute atomic E-state index is 0.307. The Morgan fingerprint density at radius 2 is 2.00 bits per heavy atom. The lowest BCUT2D eigenvalue weighted by Gasteiger charge is -2.12. The number of ether oxygens (including phenoxy) is 1. The minimum atomic E-state index is 0.307. The second-order valence-electron chi connectivity index (χ2n) is 5.67. The molecule has 5 nitrogen and oxygen atoms in total. The molecular formula is C16H21N3O2. The van der Waals surface area contributed by atoms with Gasteiger partial charge in [-0.2, -0.15) is 4.98 Å². The molecule has 0 aliphatic carbocycles. The van der Waals surface area contributed by atoms with Crippen molar-refractivity contribution in [2.24, 2.45) is 0 Å². The van der Waals surface area contributed by atoms with Gasteiger partial charge >= 0.3 is 0 Å². The van der Waals surface area contributed by atoms with Gasteiger partial charge in [0.2, 0.25) is 5.89 Å². The average molecular weight is 287 g/mol. The predicted molar refractivity (Wildman–Crippen MR) is 80.7 cm³/mol. The van der Waals surface area contributed by atoms with E-state index in [1.54, 1.807) is 0 Å². The van der Waals surface area contributed by atoms with E-state index in [1.165, 1.54) is 11.3 Å². The Morgan fingerprint density at radius 1 is 1.19 bits per heavy atom. The van der Waals surface area contributed by atoms with E-state index < -0.39 is 0 Å². The fraction of sp³-hybridized carbons (Fsp3) is 0.500. The van der Waals surface area contributed by atoms with E-state index in [9.17, 15) is 0 Å². The lowest BCUT2D eigenvalue weighted by atomic mass is 10.1. The summed E-state index contributed by atoms with van der Waals surface area (Å²) in [7, 11) is 4.09. The van der Waals surface area contributed by atoms with Gasteiger partial charge in [-0.1, -0.05) is 17.3 Å². The summed E-state index contributed by atoms with van der Waals surface area (Å²) in [6.07, 6.45) is 2.68. The predicted octanol–water partition coefficient (Wildman–Crippen LogP) is 2.42. The van der Waals surface area contributed by atoms with E-state index >= 15 is 0 Å². The van der Waals surface area contributed by atoms with Crippen molar-refractivity contribution in [3.05, 3.63) is 41.5 Å². The zero-order valence-corrected chi connectivity index (χ0v) is 12.6. The van der Waals surface area contributed by atoms with Gasteiger partial charge in [0.25, 0.3) is 0 Å². The summed E-state index contributed by atoms with van der Waals surface area (Å²) in [4.78, 5) is 6.58. The monoisotopic (exact) mass is 287 g/mol. The van der Waals surface area contributed by atoms with Crippen LogP contribution >= 0.6 is 0 Å². The van der Waals surface area contributed by atoms with Gasteiger partial charge in [-0.3, -0.25) is 0 Å². The van der Waals surface area contributed by atoms with E-state index in [-0.39, 0.29) is 0 Å². The van der Waals surface area contributed by atoms with Crippen molar-refractivity contribution in [3.63, 3.8) is 0 Å². The van der Waals surface area contributed by atoms with Crippen LogP contribution in [0.25, 0.3) is 0 Å². The summed E-state index contributed by atoms with van der Waals surface area (Å²) in [6.45, 7) is 1.51. The summed E-state index contributed by atoms with van der Waals surface area (Å²) in [5, 5.41) is 4.08. The molecule has 1 aromatic carbocycles. The Balaban J connectivity index is 1.57. The van der Waals surface area contributed by atoms with Gasteiger partial charge < -0.3 is 14.2 Å². The molecule has 2 heterocycles. The molecule has 1 aromatic heterocycles. The lowest BCUT2D eigenvalue weighted by Crippen LogP contribution is -2.08. The van der Waals surface area contributed by atoms with E-state index in [0.29, 0.717) is 18.4 Å². The topological polar surface area (TPSA) is 51.4 Å². The molecule has 0 spiro atoms. The van der Waals surface area contributed by atoms with Crippen molar-refractivity contribution in [2.45, 2.75) is 25.2 Å². The number of hydrogen-bond donors (Lipinski definition) is 0. The summed E-state index contributed by atoms with van der Waals surface area (Å²) < 4.78 is 10.7. The molecule has 1 aliphatic heterocycles. The lowest BCUT2D eigenvalue weighted by molar-refractivity contribution is 0.192. The molecule has 1 aliphatic rings. The molecule has 21 heavy (non-hydrogen) atoms. The minimum Gasteiger partial charge on any atom is -0.381 e. The van der Waals surface area contributed by atoms with Crippen LogP contribution in [0.15, 0.2) is 28.8 Å². The van der Waals surface area contributed by atoms with Crippen LogP contribution in [0.3, 0.4) is 0 Å². The molecule has 1 fully saturated rings. The van der Waals surface area contributed by atoms with Crippen LogP contribution in [0.2, 0.25) is 0 Å². The molecule has 1 atom stereocenters. The molecular weight excluding hydrogens is 266 g/mol. The van der Waals surface area contributed by atoms with E-state index in [2.05, 4.69) is 39.3 Å². The van der Waals surface area contributed by atoms with E-state index in [1.807, 2.05) is 14.1 Å². The first-order valence-corrected chi connectivity index (χ1v) is 7.39. The first-order chi connectivity index (χ1) is 10.2. The third kappa shape index (κ3) is 3.42. The summed E-state index contributed by atoms with van der Waals surface area (Å²) in [6, 6.07) is 8.56. The Labute approximate surface area is 124 Å². The van der Waals surface area contributed by atoms with Crippen molar-refractivity contribution in [3.8, 4) is 0 Å². The Hall–Kier alpha value is -1.88. The van der Waals surface area contributed by atoms with E-state index in [0.717, 1.165) is 31.7 Å². The maximum absolute atomic E-state index is 5.35. The first-order valence-electron chi connectivity index (χ1n) is 7.39. The van der Waals surface area contributed by atoms with Crippen LogP contribution in [-0.2, 0) is 17.6 Å². The van der Waals surface area contributed by atoms with Crippen LogP contribution < -0.4 is 4.90 Å². The molecule has 112 valence electrons. The van der Waals surface area contributed by atoms with Crippen molar-refractivity contribution >= 4 is 5.69 Å². The van der Waals surface area contributed by atoms with Gasteiger partial charge in [0.05, 0.1) is 6.61 Å². The maximum Gasteiger partial charge on any atom is 0.226 e. The summed E-state index contributed by atoms with van der Waals surface area (Å²) in [5.41, 5.74) is 2.49. The smallest absolute Gasteiger partial charge is 0.226 e. The van der Waals surface area contributed by atoms with Gasteiger partial charge in [0, 0.05) is 38.7 Å². The molecule has 0 bridgehead atoms. The Morgan fingerprint density at radius 3 is 2.67 bits per heavy atom. The Kier molecular flexibility index (Phi) is 4.20. The van der Waals surface area contributed by atoms with Crippen LogP contribution in [0, 0.1) is 0 Å². The second kappa shape index (κ2) is 6.26. The second-order valence-corrected chi connectivity index (χ2v) is 5.67. The first kappa shape index (κ1) is 14.1. The van der Waals surface area contributed by atoms with Crippen molar-refractivity contribution < 1.29 is 9.26 Å². The zero-order valence-electron chi connectivity index (χ0n) is 12.6. The number of rotatable bonds is 5. The van der Waals surface area contributed by atoms with Gasteiger partial charge in [0.15, 0.2) is 5.82 Å². The Bertz CT molecular complexity index is 571. The molecule has 1 saturated heterocycles. The molecule has 2 aromatic rings. The molecule has 0 radical (unpaired) electrons. The summed E-state index contributed by atoms with van der Waals surface area (Å²) in [5.74, 6) is 1.82. The number of aryl methyl sites for hydroxylation is 2. The van der Waals surface area contributed by atoms with Crippen molar-refractivity contribution in [1.82, 2.24) is 10.1 Å². The fourth-order valence-corrected chi connectivity index (χ4v) is 2.49. The number of anilines is 1. The highest BCUT2D eigenvalue weighted by atomic mass is 16.5. The third-order valence-electron chi connectivity index (χ3n) is 3.86. The fourth-order valence-electron chi connectivity index (χ4n) is 2.49. The van der Waals surface area contributed by atoms with Gasteiger partial charge in [-0.15, -0.1) is 0 Å². The quantitative estimate of drug-likeness (QED) is 0.845. The maximum atomic E-state index is 5.35. The molecule has 0 saturated carbocycles. The standard InChI is InChI=1S/C16H21N3O2/c1-19(2)14-6-3-12(4-7-14)5-8-15-17-16(18-21-15)13-9-10-20-11-13/h3-4,6-7,13H,5,8-11H2,1-2H3/t13-/m0/s1. The molecule has 0 unspecified atom stereocenters. The van der Waals surface area contributed by atoms with Crippen molar-refractivity contribution in [1.29, 1.82) is 0 Å². The number of hydrogen-bond acceptors (Lipinski definition) is 5. The van der Waals surface area contributed by atoms with Crippen LogP contribution in [0.5, 0.6) is 0 Å². The van der Waals surface area contributed by atoms with Crippen LogP contribution in [-0.4, -0.2) is 37.4 Å². The third-order valence-corrected chi connectivity index (χ3v) is 3.86. The van der Waals surface area contributed by atoms with Crippen LogP contribution in [0.1, 0.15) is 29.6 Å². The molecule has 5 heteroatoms. The highest BCUT2D eigenvalue weighted by molar-refractivity contribution is 5.46. The number of benzene rings is 1. The zero-order chi connectivity index (χ0) is 14.7. The van der Waals surface area contributed by atoms with Gasteiger partial charge in [-0.05, 0) is 30.5 Å². The summed E-state index contributed by atoms with van der Waals surface area (Å²) >= 11 is 0. The number of aromatic nitrogens is 2. The van der Waals surface area contributed by atoms with Crippen molar-refractivity contribution in [2.75, 3.05) is 32.2 Å². The SMILES string of the molecule is CN(C)c1ccc(CCc2nc([C@H]3CCOC3)no2)cc1. The highest BCUT2D eigenvalue weighted by Gasteiger charge is 2.22. The van der Waals surface area contributed by atoms with Gasteiger partial charge in [0.1, 0.15) is 0 Å². The molecule has 3 rings (SSSR count). The van der Waals surface area contributed by atoms with Gasteiger partial charge in [-0.25, -0.2) is 0 Å². The highest BCUT2D eigenvalue weighted by Crippen LogP contribution is 2.22.